The predicted molar refractivity (Wildman–Crippen MR) is 36.9 cm³/mol. The van der Waals surface area contributed by atoms with Gasteiger partial charge in [0.1, 0.15) is 0 Å². The van der Waals surface area contributed by atoms with Gasteiger partial charge in [0.05, 0.1) is 0 Å². The van der Waals surface area contributed by atoms with Gasteiger partial charge in [-0.1, -0.05) is 6.08 Å². The SMILES string of the molecule is C=CCC(=O)NCCN. The average Bonchev–Trinajstić information content (AvgIpc) is 1.85. The van der Waals surface area contributed by atoms with Crippen LogP contribution in [0.25, 0.3) is 0 Å². The molecule has 0 saturated carbocycles. The van der Waals surface area contributed by atoms with Crippen LogP contribution in [0.15, 0.2) is 12.7 Å². The number of rotatable bonds is 4. The summed E-state index contributed by atoms with van der Waals surface area (Å²) in [7, 11) is 0. The molecular weight excluding hydrogens is 116 g/mol. The fourth-order valence-electron chi connectivity index (χ4n) is 0.415. The molecule has 3 nitrogen and oxygen atoms in total. The van der Waals surface area contributed by atoms with Crippen LogP contribution in [0, 0.1) is 0 Å². The van der Waals surface area contributed by atoms with Crippen LogP contribution >= 0.6 is 0 Å². The van der Waals surface area contributed by atoms with Gasteiger partial charge in [0.25, 0.3) is 0 Å². The maximum absolute atomic E-state index is 10.6. The Kier molecular flexibility index (Phi) is 4.82. The lowest BCUT2D eigenvalue weighted by Gasteiger charge is -1.97. The molecule has 0 aromatic carbocycles. The molecule has 3 heteroatoms. The van der Waals surface area contributed by atoms with Crippen LogP contribution in [0.2, 0.25) is 0 Å². The maximum atomic E-state index is 10.6. The summed E-state index contributed by atoms with van der Waals surface area (Å²) in [6, 6.07) is 0. The molecule has 0 atom stereocenters. The zero-order chi connectivity index (χ0) is 7.11. The molecule has 9 heavy (non-hydrogen) atoms. The van der Waals surface area contributed by atoms with E-state index in [0.29, 0.717) is 19.5 Å². The Balaban J connectivity index is 3.16. The van der Waals surface area contributed by atoms with Crippen molar-refractivity contribution in [1.29, 1.82) is 0 Å². The van der Waals surface area contributed by atoms with Crippen LogP contribution in [-0.4, -0.2) is 19.0 Å². The standard InChI is InChI=1S/C6H12N2O/c1-2-3-6(9)8-5-4-7/h2H,1,3-5,7H2,(H,8,9). The first-order chi connectivity index (χ1) is 4.31. The van der Waals surface area contributed by atoms with E-state index in [2.05, 4.69) is 11.9 Å². The van der Waals surface area contributed by atoms with Gasteiger partial charge in [0.15, 0.2) is 0 Å². The summed E-state index contributed by atoms with van der Waals surface area (Å²) >= 11 is 0. The summed E-state index contributed by atoms with van der Waals surface area (Å²) in [5, 5.41) is 2.60. The van der Waals surface area contributed by atoms with Crippen LogP contribution in [-0.2, 0) is 4.79 Å². The first-order valence-corrected chi connectivity index (χ1v) is 2.89. The van der Waals surface area contributed by atoms with E-state index >= 15 is 0 Å². The van der Waals surface area contributed by atoms with Crippen molar-refractivity contribution in [2.24, 2.45) is 5.73 Å². The molecule has 0 saturated heterocycles. The third kappa shape index (κ3) is 5.03. The number of amides is 1. The highest BCUT2D eigenvalue weighted by molar-refractivity contribution is 5.77. The highest BCUT2D eigenvalue weighted by Crippen LogP contribution is 1.76. The molecule has 0 radical (unpaired) electrons. The first kappa shape index (κ1) is 8.17. The van der Waals surface area contributed by atoms with Crippen molar-refractivity contribution in [1.82, 2.24) is 5.32 Å². The van der Waals surface area contributed by atoms with Crippen molar-refractivity contribution in [3.63, 3.8) is 0 Å². The third-order valence-electron chi connectivity index (χ3n) is 0.796. The lowest BCUT2D eigenvalue weighted by Crippen LogP contribution is -2.28. The second kappa shape index (κ2) is 5.31. The second-order valence-electron chi connectivity index (χ2n) is 1.63. The van der Waals surface area contributed by atoms with Crippen molar-refractivity contribution < 1.29 is 4.79 Å². The lowest BCUT2D eigenvalue weighted by atomic mass is 10.4. The zero-order valence-electron chi connectivity index (χ0n) is 5.39. The van der Waals surface area contributed by atoms with Crippen molar-refractivity contribution >= 4 is 5.91 Å². The normalized spacial score (nSPS) is 8.56. The number of nitrogens with two attached hydrogens (primary N) is 1. The summed E-state index contributed by atoms with van der Waals surface area (Å²) < 4.78 is 0. The van der Waals surface area contributed by atoms with Gasteiger partial charge >= 0.3 is 0 Å². The molecule has 0 heterocycles. The minimum atomic E-state index is -0.0181. The minimum absolute atomic E-state index is 0.0181. The molecule has 0 bridgehead atoms. The zero-order valence-corrected chi connectivity index (χ0v) is 5.39. The van der Waals surface area contributed by atoms with E-state index in [-0.39, 0.29) is 5.91 Å². The number of hydrogen-bond acceptors (Lipinski definition) is 2. The van der Waals surface area contributed by atoms with E-state index in [1.807, 2.05) is 0 Å². The summed E-state index contributed by atoms with van der Waals surface area (Å²) in [5.74, 6) is -0.0181. The summed E-state index contributed by atoms with van der Waals surface area (Å²) in [6.45, 7) is 4.45. The summed E-state index contributed by atoms with van der Waals surface area (Å²) in [4.78, 5) is 10.6. The number of nitrogens with one attached hydrogen (secondary N) is 1. The summed E-state index contributed by atoms with van der Waals surface area (Å²) in [6.07, 6.45) is 1.94. The molecular formula is C6H12N2O. The van der Waals surface area contributed by atoms with Crippen LogP contribution in [0.5, 0.6) is 0 Å². The topological polar surface area (TPSA) is 55.1 Å². The third-order valence-corrected chi connectivity index (χ3v) is 0.796. The van der Waals surface area contributed by atoms with Gasteiger partial charge in [-0.25, -0.2) is 0 Å². The van der Waals surface area contributed by atoms with Crippen molar-refractivity contribution in [3.05, 3.63) is 12.7 Å². The molecule has 0 spiro atoms. The smallest absolute Gasteiger partial charge is 0.223 e. The molecule has 0 aromatic rings. The molecule has 0 rings (SSSR count). The van der Waals surface area contributed by atoms with Crippen molar-refractivity contribution in [2.45, 2.75) is 6.42 Å². The van der Waals surface area contributed by atoms with Crippen LogP contribution in [0.4, 0.5) is 0 Å². The minimum Gasteiger partial charge on any atom is -0.355 e. The van der Waals surface area contributed by atoms with Crippen molar-refractivity contribution in [2.75, 3.05) is 13.1 Å². The Hall–Kier alpha value is -0.830. The summed E-state index contributed by atoms with van der Waals surface area (Å²) in [5.41, 5.74) is 5.13. The molecule has 0 unspecified atom stereocenters. The van der Waals surface area contributed by atoms with Gasteiger partial charge in [-0.2, -0.15) is 0 Å². The molecule has 0 aliphatic heterocycles. The van der Waals surface area contributed by atoms with Gasteiger partial charge in [-0.3, -0.25) is 4.79 Å². The van der Waals surface area contributed by atoms with Gasteiger partial charge in [-0.05, 0) is 0 Å². The number of carbonyl (C=O) groups excluding carboxylic acids is 1. The van der Waals surface area contributed by atoms with Gasteiger partial charge in [0.2, 0.25) is 5.91 Å². The van der Waals surface area contributed by atoms with Crippen molar-refractivity contribution in [3.8, 4) is 0 Å². The number of carbonyl (C=O) groups is 1. The molecule has 0 aliphatic carbocycles. The van der Waals surface area contributed by atoms with Crippen LogP contribution in [0.3, 0.4) is 0 Å². The monoisotopic (exact) mass is 128 g/mol. The average molecular weight is 128 g/mol. The Morgan fingerprint density at radius 3 is 2.89 bits per heavy atom. The van der Waals surface area contributed by atoms with Crippen LogP contribution < -0.4 is 11.1 Å². The van der Waals surface area contributed by atoms with E-state index in [1.54, 1.807) is 6.08 Å². The highest BCUT2D eigenvalue weighted by Gasteiger charge is 1.92. The predicted octanol–water partition coefficient (Wildman–Crippen LogP) is -0.363. The fourth-order valence-corrected chi connectivity index (χ4v) is 0.415. The first-order valence-electron chi connectivity index (χ1n) is 2.89. The van der Waals surface area contributed by atoms with Gasteiger partial charge < -0.3 is 11.1 Å². The lowest BCUT2D eigenvalue weighted by molar-refractivity contribution is -0.120. The molecule has 0 aliphatic rings. The maximum Gasteiger partial charge on any atom is 0.223 e. The Labute approximate surface area is 54.9 Å². The molecule has 3 N–H and O–H groups in total. The highest BCUT2D eigenvalue weighted by atomic mass is 16.1. The Morgan fingerprint density at radius 1 is 1.78 bits per heavy atom. The van der Waals surface area contributed by atoms with Gasteiger partial charge in [-0.15, -0.1) is 6.58 Å². The quantitative estimate of drug-likeness (QED) is 0.508. The largest absolute Gasteiger partial charge is 0.355 e. The van der Waals surface area contributed by atoms with Crippen LogP contribution in [0.1, 0.15) is 6.42 Å². The molecule has 0 fully saturated rings. The number of hydrogen-bond donors (Lipinski definition) is 2. The molecule has 52 valence electrons. The van der Waals surface area contributed by atoms with E-state index in [1.165, 1.54) is 0 Å². The second-order valence-corrected chi connectivity index (χ2v) is 1.63. The Bertz CT molecular complexity index is 101. The molecule has 1 amide bonds. The van der Waals surface area contributed by atoms with Gasteiger partial charge in [0, 0.05) is 19.5 Å². The van der Waals surface area contributed by atoms with E-state index < -0.39 is 0 Å². The molecule has 0 aromatic heterocycles. The van der Waals surface area contributed by atoms with E-state index in [4.69, 9.17) is 5.73 Å². The Morgan fingerprint density at radius 2 is 2.44 bits per heavy atom. The fraction of sp³-hybridized carbons (Fsp3) is 0.500. The van der Waals surface area contributed by atoms with E-state index in [0.717, 1.165) is 0 Å². The van der Waals surface area contributed by atoms with E-state index in [9.17, 15) is 4.79 Å².